The molecule has 0 radical (unpaired) electrons. The van der Waals surface area contributed by atoms with E-state index in [1.807, 2.05) is 17.0 Å². The van der Waals surface area contributed by atoms with Crippen molar-refractivity contribution in [1.82, 2.24) is 15.2 Å². The van der Waals surface area contributed by atoms with Gasteiger partial charge in [-0.3, -0.25) is 4.79 Å². The van der Waals surface area contributed by atoms with Crippen molar-refractivity contribution in [2.45, 2.75) is 25.9 Å². The van der Waals surface area contributed by atoms with Crippen LogP contribution in [0.4, 0.5) is 0 Å². The third-order valence-electron chi connectivity index (χ3n) is 2.81. The van der Waals surface area contributed by atoms with Crippen LogP contribution >= 0.6 is 15.9 Å². The Morgan fingerprint density at radius 2 is 2.12 bits per heavy atom. The zero-order valence-electron chi connectivity index (χ0n) is 9.98. The number of hydrogen-bond donors (Lipinski definition) is 1. The number of nitrogens with one attached hydrogen (secondary N) is 1. The van der Waals surface area contributed by atoms with Gasteiger partial charge in [-0.25, -0.2) is 4.98 Å². The number of piperazine rings is 1. The lowest BCUT2D eigenvalue weighted by atomic mass is 10.1. The third-order valence-corrected chi connectivity index (χ3v) is 3.45. The fourth-order valence-electron chi connectivity index (χ4n) is 2.19. The number of pyridine rings is 1. The molecule has 0 saturated carbocycles. The molecule has 1 aromatic rings. The lowest BCUT2D eigenvalue weighted by molar-refractivity contribution is 0.0667. The predicted octanol–water partition coefficient (Wildman–Crippen LogP) is 1.67. The average molecular weight is 298 g/mol. The van der Waals surface area contributed by atoms with Gasteiger partial charge in [0.1, 0.15) is 5.69 Å². The van der Waals surface area contributed by atoms with Crippen LogP contribution in [0.5, 0.6) is 0 Å². The molecule has 1 fully saturated rings. The maximum atomic E-state index is 12.3. The van der Waals surface area contributed by atoms with E-state index in [0.29, 0.717) is 17.8 Å². The Balaban J connectivity index is 2.17. The Morgan fingerprint density at radius 3 is 2.71 bits per heavy atom. The predicted molar refractivity (Wildman–Crippen MR) is 69.9 cm³/mol. The van der Waals surface area contributed by atoms with Crippen LogP contribution in [-0.4, -0.2) is 41.0 Å². The van der Waals surface area contributed by atoms with E-state index in [4.69, 9.17) is 0 Å². The second kappa shape index (κ2) is 5.14. The number of aromatic nitrogens is 1. The van der Waals surface area contributed by atoms with Gasteiger partial charge in [0.15, 0.2) is 0 Å². The zero-order valence-corrected chi connectivity index (χ0v) is 11.6. The van der Waals surface area contributed by atoms with Crippen LogP contribution in [0.25, 0.3) is 0 Å². The molecule has 1 aliphatic heterocycles. The molecule has 2 unspecified atom stereocenters. The maximum absolute atomic E-state index is 12.3. The molecule has 92 valence electrons. The molecule has 0 bridgehead atoms. The van der Waals surface area contributed by atoms with Gasteiger partial charge in [-0.05, 0) is 41.9 Å². The van der Waals surface area contributed by atoms with Gasteiger partial charge in [-0.1, -0.05) is 0 Å². The Hall–Kier alpha value is -0.940. The first-order valence-corrected chi connectivity index (χ1v) is 6.53. The molecule has 1 aliphatic rings. The summed E-state index contributed by atoms with van der Waals surface area (Å²) in [5.74, 6) is -0.00215. The van der Waals surface area contributed by atoms with Crippen molar-refractivity contribution in [3.63, 3.8) is 0 Å². The highest BCUT2D eigenvalue weighted by molar-refractivity contribution is 9.10. The van der Waals surface area contributed by atoms with Crippen LogP contribution in [0.2, 0.25) is 0 Å². The number of halogens is 1. The first-order chi connectivity index (χ1) is 8.08. The summed E-state index contributed by atoms with van der Waals surface area (Å²) in [7, 11) is 0. The van der Waals surface area contributed by atoms with E-state index < -0.39 is 0 Å². The van der Waals surface area contributed by atoms with Crippen LogP contribution < -0.4 is 5.32 Å². The summed E-state index contributed by atoms with van der Waals surface area (Å²) in [6.45, 7) is 5.63. The highest BCUT2D eigenvalue weighted by Gasteiger charge is 2.27. The lowest BCUT2D eigenvalue weighted by Gasteiger charge is -2.36. The zero-order chi connectivity index (χ0) is 12.4. The van der Waals surface area contributed by atoms with E-state index in [0.717, 1.165) is 17.6 Å². The molecule has 0 aromatic carbocycles. The van der Waals surface area contributed by atoms with Crippen molar-refractivity contribution >= 4 is 21.8 Å². The van der Waals surface area contributed by atoms with Crippen molar-refractivity contribution in [3.05, 3.63) is 28.5 Å². The second-order valence-electron chi connectivity index (χ2n) is 4.51. The van der Waals surface area contributed by atoms with E-state index in [1.54, 1.807) is 6.20 Å². The Labute approximate surface area is 110 Å². The molecular weight excluding hydrogens is 282 g/mol. The van der Waals surface area contributed by atoms with Gasteiger partial charge in [-0.15, -0.1) is 0 Å². The number of amides is 1. The first kappa shape index (κ1) is 12.5. The highest BCUT2D eigenvalue weighted by Crippen LogP contribution is 2.17. The minimum atomic E-state index is -0.00215. The molecule has 1 N–H and O–H groups in total. The van der Waals surface area contributed by atoms with Crippen LogP contribution in [0.15, 0.2) is 22.8 Å². The van der Waals surface area contributed by atoms with Crippen molar-refractivity contribution in [3.8, 4) is 0 Å². The summed E-state index contributed by atoms with van der Waals surface area (Å²) in [6.07, 6.45) is 1.65. The minimum absolute atomic E-state index is 0.00215. The minimum Gasteiger partial charge on any atom is -0.334 e. The fourth-order valence-corrected chi connectivity index (χ4v) is 2.61. The van der Waals surface area contributed by atoms with E-state index in [1.165, 1.54) is 0 Å². The molecule has 5 heteroatoms. The summed E-state index contributed by atoms with van der Waals surface area (Å²) in [5.41, 5.74) is 0.494. The summed E-state index contributed by atoms with van der Waals surface area (Å²) in [6, 6.07) is 4.30. The molecule has 2 rings (SSSR count). The van der Waals surface area contributed by atoms with Crippen LogP contribution in [0, 0.1) is 0 Å². The van der Waals surface area contributed by atoms with Crippen LogP contribution in [0.3, 0.4) is 0 Å². The quantitative estimate of drug-likeness (QED) is 0.858. The van der Waals surface area contributed by atoms with E-state index in [-0.39, 0.29) is 5.91 Å². The van der Waals surface area contributed by atoms with Crippen molar-refractivity contribution in [2.75, 3.05) is 13.1 Å². The van der Waals surface area contributed by atoms with E-state index >= 15 is 0 Å². The van der Waals surface area contributed by atoms with E-state index in [9.17, 15) is 4.79 Å². The van der Waals surface area contributed by atoms with Gasteiger partial charge < -0.3 is 10.2 Å². The number of carbonyl (C=O) groups excluding carboxylic acids is 1. The standard InChI is InChI=1S/C12H16BrN3O/c1-8-6-16(7-9(2)15-8)12(17)11-10(13)4-3-5-14-11/h3-5,8-9,15H,6-7H2,1-2H3. The number of hydrogen-bond acceptors (Lipinski definition) is 3. The molecular formula is C12H16BrN3O. The Morgan fingerprint density at radius 1 is 1.47 bits per heavy atom. The molecule has 1 saturated heterocycles. The molecule has 4 nitrogen and oxygen atoms in total. The number of nitrogens with zero attached hydrogens (tertiary/aromatic N) is 2. The Bertz CT molecular complexity index is 414. The van der Waals surface area contributed by atoms with Gasteiger partial charge in [0.25, 0.3) is 5.91 Å². The molecule has 2 heterocycles. The summed E-state index contributed by atoms with van der Waals surface area (Å²) < 4.78 is 0.754. The summed E-state index contributed by atoms with van der Waals surface area (Å²) in [4.78, 5) is 18.3. The van der Waals surface area contributed by atoms with Crippen LogP contribution in [-0.2, 0) is 0 Å². The van der Waals surface area contributed by atoms with Crippen molar-refractivity contribution in [2.24, 2.45) is 0 Å². The SMILES string of the molecule is CC1CN(C(=O)c2ncccc2Br)CC(C)N1. The van der Waals surface area contributed by atoms with Crippen molar-refractivity contribution in [1.29, 1.82) is 0 Å². The molecule has 0 spiro atoms. The normalized spacial score (nSPS) is 24.8. The summed E-state index contributed by atoms with van der Waals surface area (Å²) in [5, 5.41) is 3.40. The summed E-state index contributed by atoms with van der Waals surface area (Å²) >= 11 is 3.37. The van der Waals surface area contributed by atoms with Crippen LogP contribution in [0.1, 0.15) is 24.3 Å². The monoisotopic (exact) mass is 297 g/mol. The second-order valence-corrected chi connectivity index (χ2v) is 5.37. The smallest absolute Gasteiger partial charge is 0.273 e. The third kappa shape index (κ3) is 2.84. The largest absolute Gasteiger partial charge is 0.334 e. The molecule has 2 atom stereocenters. The molecule has 17 heavy (non-hydrogen) atoms. The lowest BCUT2D eigenvalue weighted by Crippen LogP contribution is -2.56. The van der Waals surface area contributed by atoms with Gasteiger partial charge in [0.05, 0.1) is 0 Å². The van der Waals surface area contributed by atoms with Gasteiger partial charge in [0, 0.05) is 35.8 Å². The molecule has 1 aromatic heterocycles. The van der Waals surface area contributed by atoms with Gasteiger partial charge in [0.2, 0.25) is 0 Å². The average Bonchev–Trinajstić information content (AvgIpc) is 2.27. The Kier molecular flexibility index (Phi) is 3.79. The van der Waals surface area contributed by atoms with Gasteiger partial charge >= 0.3 is 0 Å². The highest BCUT2D eigenvalue weighted by atomic mass is 79.9. The number of rotatable bonds is 1. The fraction of sp³-hybridized carbons (Fsp3) is 0.500. The molecule has 0 aliphatic carbocycles. The topological polar surface area (TPSA) is 45.2 Å². The number of carbonyl (C=O) groups is 1. The van der Waals surface area contributed by atoms with Gasteiger partial charge in [-0.2, -0.15) is 0 Å². The molecule has 1 amide bonds. The maximum Gasteiger partial charge on any atom is 0.273 e. The first-order valence-electron chi connectivity index (χ1n) is 5.73. The van der Waals surface area contributed by atoms with Crippen molar-refractivity contribution < 1.29 is 4.79 Å². The van der Waals surface area contributed by atoms with E-state index in [2.05, 4.69) is 40.1 Å².